The maximum Gasteiger partial charge on any atom is 0.0555 e. The first-order chi connectivity index (χ1) is 8.79. The monoisotopic (exact) mass is 332 g/mol. The van der Waals surface area contributed by atoms with Crippen LogP contribution in [0.25, 0.3) is 6.08 Å². The minimum absolute atomic E-state index is 0. The fourth-order valence-corrected chi connectivity index (χ4v) is 5.38. The van der Waals surface area contributed by atoms with Crippen molar-refractivity contribution in [2.75, 3.05) is 31.6 Å². The van der Waals surface area contributed by atoms with E-state index in [1.165, 1.54) is 49.3 Å². The Bertz CT molecular complexity index is 502. The number of nitrogens with zero attached hydrogens (tertiary/aromatic N) is 2. The molecule has 2 saturated heterocycles. The predicted octanol–water partition coefficient (Wildman–Crippen LogP) is 4.14. The van der Waals surface area contributed by atoms with E-state index < -0.39 is 0 Å². The zero-order valence-corrected chi connectivity index (χ0v) is 14.3. The molecule has 0 aromatic carbocycles. The van der Waals surface area contributed by atoms with Crippen LogP contribution in [0, 0.1) is 0 Å². The first-order valence-corrected chi connectivity index (χ1v) is 7.88. The van der Waals surface area contributed by atoms with Crippen molar-refractivity contribution in [2.45, 2.75) is 31.2 Å². The molecule has 2 nitrogen and oxygen atoms in total. The normalized spacial score (nSPS) is 22.9. The standard InChI is InChI=1S/C15H20N2S.2ClH/c1-16-8-2-5-13-12(16)11-14(18-13)15-6-3-9-17(15)10-4-7-15;;/h2,5,11H,3-4,6-10H2,1H3;2*1H. The quantitative estimate of drug-likeness (QED) is 0.762. The highest BCUT2D eigenvalue weighted by Gasteiger charge is 2.46. The minimum Gasteiger partial charge on any atom is -0.370 e. The Morgan fingerprint density at radius 3 is 2.50 bits per heavy atom. The smallest absolute Gasteiger partial charge is 0.0555 e. The third-order valence-electron chi connectivity index (χ3n) is 4.90. The van der Waals surface area contributed by atoms with Crippen molar-refractivity contribution in [3.63, 3.8) is 0 Å². The molecule has 0 N–H and O–H groups in total. The van der Waals surface area contributed by atoms with Crippen molar-refractivity contribution in [3.05, 3.63) is 21.9 Å². The van der Waals surface area contributed by atoms with Crippen LogP contribution in [0.4, 0.5) is 5.69 Å². The first-order valence-electron chi connectivity index (χ1n) is 7.07. The number of hydrogen-bond acceptors (Lipinski definition) is 3. The zero-order chi connectivity index (χ0) is 12.2. The average Bonchev–Trinajstić information content (AvgIpc) is 3.01. The summed E-state index contributed by atoms with van der Waals surface area (Å²) in [6, 6.07) is 2.48. The van der Waals surface area contributed by atoms with Crippen molar-refractivity contribution in [2.24, 2.45) is 0 Å². The second-order valence-corrected chi connectivity index (χ2v) is 6.95. The van der Waals surface area contributed by atoms with Crippen LogP contribution in [0.3, 0.4) is 0 Å². The van der Waals surface area contributed by atoms with Crippen LogP contribution in [-0.4, -0.2) is 31.6 Å². The molecule has 3 aliphatic rings. The van der Waals surface area contributed by atoms with Crippen LogP contribution in [0.1, 0.15) is 35.4 Å². The van der Waals surface area contributed by atoms with Crippen molar-refractivity contribution in [1.29, 1.82) is 0 Å². The van der Waals surface area contributed by atoms with Crippen molar-refractivity contribution < 1.29 is 0 Å². The highest BCUT2D eigenvalue weighted by Crippen LogP contribution is 2.51. The zero-order valence-electron chi connectivity index (χ0n) is 11.8. The summed E-state index contributed by atoms with van der Waals surface area (Å²) in [5, 5.41) is 0. The van der Waals surface area contributed by atoms with Gasteiger partial charge in [-0.25, -0.2) is 0 Å². The summed E-state index contributed by atoms with van der Waals surface area (Å²) in [5.74, 6) is 0. The van der Waals surface area contributed by atoms with Crippen molar-refractivity contribution in [1.82, 2.24) is 4.90 Å². The van der Waals surface area contributed by atoms with E-state index in [0.29, 0.717) is 5.54 Å². The molecule has 0 saturated carbocycles. The molecule has 20 heavy (non-hydrogen) atoms. The lowest BCUT2D eigenvalue weighted by molar-refractivity contribution is 0.202. The predicted molar refractivity (Wildman–Crippen MR) is 92.8 cm³/mol. The molecular formula is C15H22Cl2N2S. The summed E-state index contributed by atoms with van der Waals surface area (Å²) in [6.45, 7) is 3.68. The summed E-state index contributed by atoms with van der Waals surface area (Å²) in [4.78, 5) is 8.21. The molecule has 2 fully saturated rings. The molecule has 0 atom stereocenters. The molecule has 0 bridgehead atoms. The van der Waals surface area contributed by atoms with E-state index in [9.17, 15) is 0 Å². The van der Waals surface area contributed by atoms with Gasteiger partial charge in [-0.2, -0.15) is 0 Å². The Labute approximate surface area is 137 Å². The van der Waals surface area contributed by atoms with E-state index in [1.54, 1.807) is 4.88 Å². The fourth-order valence-electron chi connectivity index (χ4n) is 3.97. The molecule has 5 heteroatoms. The molecule has 3 aliphatic heterocycles. The molecule has 1 aromatic heterocycles. The highest BCUT2D eigenvalue weighted by molar-refractivity contribution is 7.13. The number of thiophene rings is 1. The van der Waals surface area contributed by atoms with Gasteiger partial charge >= 0.3 is 0 Å². The van der Waals surface area contributed by atoms with Gasteiger partial charge in [0.1, 0.15) is 0 Å². The Kier molecular flexibility index (Phi) is 4.75. The fraction of sp³-hybridized carbons (Fsp3) is 0.600. The number of likely N-dealkylation sites (N-methyl/N-ethyl adjacent to an activating group) is 1. The molecule has 0 aliphatic carbocycles. The van der Waals surface area contributed by atoms with Crippen molar-refractivity contribution in [3.8, 4) is 0 Å². The van der Waals surface area contributed by atoms with Gasteiger partial charge in [0.05, 0.1) is 16.1 Å². The summed E-state index contributed by atoms with van der Waals surface area (Å²) >= 11 is 2.03. The number of anilines is 1. The largest absolute Gasteiger partial charge is 0.370 e. The SMILES string of the molecule is CN1CC=Cc2sc(C34CCCN3CCC4)cc21.Cl.Cl. The van der Waals surface area contributed by atoms with Crippen molar-refractivity contribution >= 4 is 47.9 Å². The van der Waals surface area contributed by atoms with Gasteiger partial charge in [-0.3, -0.25) is 4.90 Å². The van der Waals surface area contributed by atoms with Gasteiger partial charge in [-0.1, -0.05) is 6.08 Å². The van der Waals surface area contributed by atoms with Gasteiger partial charge < -0.3 is 4.90 Å². The summed E-state index contributed by atoms with van der Waals surface area (Å²) in [5.41, 5.74) is 1.86. The lowest BCUT2D eigenvalue weighted by Crippen LogP contribution is -2.34. The van der Waals surface area contributed by atoms with Gasteiger partial charge in [0.2, 0.25) is 0 Å². The summed E-state index contributed by atoms with van der Waals surface area (Å²) in [7, 11) is 2.21. The van der Waals surface area contributed by atoms with Gasteiger partial charge in [0, 0.05) is 18.5 Å². The Morgan fingerprint density at radius 2 is 1.85 bits per heavy atom. The Hall–Kier alpha value is -0.220. The average molecular weight is 333 g/mol. The van der Waals surface area contributed by atoms with Gasteiger partial charge in [0.15, 0.2) is 0 Å². The highest BCUT2D eigenvalue weighted by atomic mass is 35.5. The lowest BCUT2D eigenvalue weighted by Gasteiger charge is -2.31. The summed E-state index contributed by atoms with van der Waals surface area (Å²) in [6.07, 6.45) is 10.1. The first kappa shape index (κ1) is 16.2. The van der Waals surface area contributed by atoms with E-state index in [1.807, 2.05) is 11.3 Å². The molecule has 4 rings (SSSR count). The second kappa shape index (κ2) is 5.88. The molecule has 1 aromatic rings. The number of hydrogen-bond donors (Lipinski definition) is 0. The molecule has 0 unspecified atom stereocenters. The molecule has 0 radical (unpaired) electrons. The third-order valence-corrected chi connectivity index (χ3v) is 6.18. The minimum atomic E-state index is 0. The van der Waals surface area contributed by atoms with Crippen LogP contribution in [0.15, 0.2) is 12.1 Å². The molecule has 4 heterocycles. The Balaban J connectivity index is 0.000000735. The van der Waals surface area contributed by atoms with Crippen LogP contribution >= 0.6 is 36.2 Å². The van der Waals surface area contributed by atoms with Gasteiger partial charge in [0.25, 0.3) is 0 Å². The molecule has 112 valence electrons. The summed E-state index contributed by atoms with van der Waals surface area (Å²) < 4.78 is 0. The van der Waals surface area contributed by atoms with Gasteiger partial charge in [-0.15, -0.1) is 36.2 Å². The van der Waals surface area contributed by atoms with Crippen LogP contribution in [-0.2, 0) is 5.54 Å². The van der Waals surface area contributed by atoms with Crippen LogP contribution in [0.5, 0.6) is 0 Å². The van der Waals surface area contributed by atoms with Crippen LogP contribution in [0.2, 0.25) is 0 Å². The van der Waals surface area contributed by atoms with E-state index in [4.69, 9.17) is 0 Å². The van der Waals surface area contributed by atoms with Crippen LogP contribution < -0.4 is 4.90 Å². The lowest BCUT2D eigenvalue weighted by atomic mass is 9.92. The maximum absolute atomic E-state index is 2.74. The molecule has 0 spiro atoms. The molecular weight excluding hydrogens is 311 g/mol. The van der Waals surface area contributed by atoms with Gasteiger partial charge in [-0.05, 0) is 50.9 Å². The topological polar surface area (TPSA) is 6.48 Å². The van der Waals surface area contributed by atoms with E-state index in [-0.39, 0.29) is 24.8 Å². The van der Waals surface area contributed by atoms with E-state index in [2.05, 4.69) is 35.1 Å². The second-order valence-electron chi connectivity index (χ2n) is 5.87. The maximum atomic E-state index is 2.74. The number of halogens is 2. The number of fused-ring (bicyclic) bond motifs is 2. The van der Waals surface area contributed by atoms with E-state index >= 15 is 0 Å². The Morgan fingerprint density at radius 1 is 1.15 bits per heavy atom. The third kappa shape index (κ3) is 2.19. The van der Waals surface area contributed by atoms with E-state index in [0.717, 1.165) is 6.54 Å². The molecule has 0 amide bonds. The number of rotatable bonds is 1.